The molecule has 0 fully saturated rings. The number of nitrogens with one attached hydrogen (secondary N) is 1. The fourth-order valence-electron chi connectivity index (χ4n) is 5.87. The van der Waals surface area contributed by atoms with Crippen LogP contribution in [0.15, 0.2) is 12.2 Å². The zero-order chi connectivity index (χ0) is 32.5. The Labute approximate surface area is 272 Å². The maximum Gasteiger partial charge on any atom is 0.249 e. The van der Waals surface area contributed by atoms with E-state index in [9.17, 15) is 25.2 Å². The number of rotatable bonds is 34. The Kier molecular flexibility index (Phi) is 32.7. The summed E-state index contributed by atoms with van der Waals surface area (Å²) in [4.78, 5) is 12.4. The highest BCUT2D eigenvalue weighted by atomic mass is 16.3. The van der Waals surface area contributed by atoms with Crippen molar-refractivity contribution < 1.29 is 25.2 Å². The van der Waals surface area contributed by atoms with Gasteiger partial charge in [-0.15, -0.1) is 0 Å². The van der Waals surface area contributed by atoms with Crippen molar-refractivity contribution in [3.63, 3.8) is 0 Å². The molecule has 0 aromatic heterocycles. The van der Waals surface area contributed by atoms with Crippen molar-refractivity contribution in [2.75, 3.05) is 6.61 Å². The maximum atomic E-state index is 12.4. The predicted molar refractivity (Wildman–Crippen MR) is 187 cm³/mol. The number of aliphatic hydroxyl groups excluding tert-OH is 4. The number of unbranched alkanes of at least 4 members (excludes halogenated alkanes) is 23. The van der Waals surface area contributed by atoms with Gasteiger partial charge in [-0.3, -0.25) is 4.79 Å². The number of hydrogen-bond donors (Lipinski definition) is 5. The lowest BCUT2D eigenvalue weighted by Gasteiger charge is -2.27. The Morgan fingerprint density at radius 2 is 0.909 bits per heavy atom. The molecule has 0 aliphatic carbocycles. The molecule has 0 spiro atoms. The van der Waals surface area contributed by atoms with Gasteiger partial charge in [-0.2, -0.15) is 0 Å². The molecule has 5 N–H and O–H groups in total. The topological polar surface area (TPSA) is 110 Å². The van der Waals surface area contributed by atoms with Crippen LogP contribution in [-0.2, 0) is 4.79 Å². The number of carbonyl (C=O) groups is 1. The van der Waals surface area contributed by atoms with Crippen LogP contribution in [0, 0.1) is 0 Å². The van der Waals surface area contributed by atoms with E-state index in [1.807, 2.05) is 0 Å². The highest BCUT2D eigenvalue weighted by Gasteiger charge is 2.28. The molecule has 4 unspecified atom stereocenters. The third-order valence-corrected chi connectivity index (χ3v) is 8.98. The zero-order valence-corrected chi connectivity index (χ0v) is 29.2. The molecule has 0 radical (unpaired) electrons. The largest absolute Gasteiger partial charge is 0.394 e. The van der Waals surface area contributed by atoms with Crippen LogP contribution in [0.4, 0.5) is 0 Å². The summed E-state index contributed by atoms with van der Waals surface area (Å²) in [5.41, 5.74) is 0. The van der Waals surface area contributed by atoms with Gasteiger partial charge in [-0.1, -0.05) is 167 Å². The number of amides is 1. The monoisotopic (exact) mass is 626 g/mol. The fraction of sp³-hybridized carbons (Fsp3) is 0.921. The Hall–Kier alpha value is -0.950. The molecule has 6 nitrogen and oxygen atoms in total. The van der Waals surface area contributed by atoms with Crippen LogP contribution in [0.3, 0.4) is 0 Å². The molecule has 44 heavy (non-hydrogen) atoms. The average Bonchev–Trinajstić information content (AvgIpc) is 3.03. The van der Waals surface area contributed by atoms with E-state index in [2.05, 4.69) is 31.3 Å². The molecule has 0 saturated heterocycles. The standard InChI is InChI=1S/C38H75NO5/c1-3-5-7-9-11-13-15-17-18-20-22-24-26-28-30-32-36(42)38(44)39-34(33-40)37(43)35(41)31-29-27-25-23-21-19-16-14-12-10-8-6-4-2/h18,20,34-37,40-43H,3-17,19,21-33H2,1-2H3,(H,39,44)/b20-18-. The zero-order valence-electron chi connectivity index (χ0n) is 29.2. The van der Waals surface area contributed by atoms with Crippen molar-refractivity contribution in [3.8, 4) is 0 Å². The van der Waals surface area contributed by atoms with E-state index >= 15 is 0 Å². The van der Waals surface area contributed by atoms with Crippen LogP contribution in [0.1, 0.15) is 194 Å². The van der Waals surface area contributed by atoms with Crippen LogP contribution < -0.4 is 5.32 Å². The van der Waals surface area contributed by atoms with Crippen LogP contribution in [0.2, 0.25) is 0 Å². The van der Waals surface area contributed by atoms with Crippen molar-refractivity contribution in [3.05, 3.63) is 12.2 Å². The van der Waals surface area contributed by atoms with E-state index < -0.39 is 36.9 Å². The first kappa shape index (κ1) is 43.0. The van der Waals surface area contributed by atoms with Gasteiger partial charge in [-0.05, 0) is 38.5 Å². The predicted octanol–water partition coefficient (Wildman–Crippen LogP) is 9.07. The second-order valence-electron chi connectivity index (χ2n) is 13.3. The summed E-state index contributed by atoms with van der Waals surface area (Å²) in [6.07, 6.45) is 33.7. The normalized spacial score (nSPS) is 14.6. The quantitative estimate of drug-likeness (QED) is 0.0362. The van der Waals surface area contributed by atoms with E-state index in [-0.39, 0.29) is 0 Å². The smallest absolute Gasteiger partial charge is 0.249 e. The molecule has 0 bridgehead atoms. The molecule has 0 aliphatic rings. The van der Waals surface area contributed by atoms with Crippen molar-refractivity contribution >= 4 is 5.91 Å². The van der Waals surface area contributed by atoms with Crippen molar-refractivity contribution in [1.82, 2.24) is 5.32 Å². The number of aliphatic hydroxyl groups is 4. The first-order valence-corrected chi connectivity index (χ1v) is 19.1. The third-order valence-electron chi connectivity index (χ3n) is 8.98. The Balaban J connectivity index is 3.82. The summed E-state index contributed by atoms with van der Waals surface area (Å²) in [6, 6.07) is -0.984. The minimum Gasteiger partial charge on any atom is -0.394 e. The van der Waals surface area contributed by atoms with Gasteiger partial charge >= 0.3 is 0 Å². The minimum atomic E-state index is -1.26. The van der Waals surface area contributed by atoms with Gasteiger partial charge in [0, 0.05) is 0 Å². The molecular weight excluding hydrogens is 550 g/mol. The van der Waals surface area contributed by atoms with Crippen molar-refractivity contribution in [2.24, 2.45) is 0 Å². The van der Waals surface area contributed by atoms with E-state index in [1.54, 1.807) is 0 Å². The van der Waals surface area contributed by atoms with Gasteiger partial charge in [0.25, 0.3) is 0 Å². The first-order chi connectivity index (χ1) is 21.5. The molecule has 1 amide bonds. The second kappa shape index (κ2) is 33.4. The molecule has 0 rings (SSSR count). The lowest BCUT2D eigenvalue weighted by atomic mass is 9.99. The number of carbonyl (C=O) groups excluding carboxylic acids is 1. The van der Waals surface area contributed by atoms with Crippen LogP contribution in [0.5, 0.6) is 0 Å². The summed E-state index contributed by atoms with van der Waals surface area (Å²) < 4.78 is 0. The van der Waals surface area contributed by atoms with Crippen LogP contribution in [-0.4, -0.2) is 57.3 Å². The molecule has 0 aliphatic heterocycles. The lowest BCUT2D eigenvalue weighted by molar-refractivity contribution is -0.132. The number of allylic oxidation sites excluding steroid dienone is 2. The maximum absolute atomic E-state index is 12.4. The van der Waals surface area contributed by atoms with Gasteiger partial charge < -0.3 is 25.7 Å². The third kappa shape index (κ3) is 27.4. The first-order valence-electron chi connectivity index (χ1n) is 19.1. The molecule has 6 heteroatoms. The van der Waals surface area contributed by atoms with Gasteiger partial charge in [0.15, 0.2) is 0 Å². The average molecular weight is 626 g/mol. The minimum absolute atomic E-state index is 0.357. The SMILES string of the molecule is CCCCCCCCC/C=C\CCCCCCC(O)C(=O)NC(CO)C(O)C(O)CCCCCCCCCCCCCCC. The van der Waals surface area contributed by atoms with Crippen molar-refractivity contribution in [2.45, 2.75) is 218 Å². The second-order valence-corrected chi connectivity index (χ2v) is 13.3. The molecule has 4 atom stereocenters. The van der Waals surface area contributed by atoms with E-state index in [1.165, 1.54) is 116 Å². The molecule has 262 valence electrons. The summed E-state index contributed by atoms with van der Waals surface area (Å²) in [7, 11) is 0. The van der Waals surface area contributed by atoms with Gasteiger partial charge in [-0.25, -0.2) is 0 Å². The Morgan fingerprint density at radius 1 is 0.545 bits per heavy atom. The summed E-state index contributed by atoms with van der Waals surface area (Å²) >= 11 is 0. The highest BCUT2D eigenvalue weighted by Crippen LogP contribution is 2.16. The molecule has 0 aromatic rings. The van der Waals surface area contributed by atoms with Gasteiger partial charge in [0.2, 0.25) is 5.91 Å². The highest BCUT2D eigenvalue weighted by molar-refractivity contribution is 5.80. The van der Waals surface area contributed by atoms with E-state index in [0.717, 1.165) is 51.4 Å². The molecule has 0 aromatic carbocycles. The molecule has 0 saturated carbocycles. The number of hydrogen-bond acceptors (Lipinski definition) is 5. The van der Waals surface area contributed by atoms with Crippen LogP contribution in [0.25, 0.3) is 0 Å². The fourth-order valence-corrected chi connectivity index (χ4v) is 5.87. The summed E-state index contributed by atoms with van der Waals surface area (Å²) in [5.74, 6) is -0.593. The molecule has 0 heterocycles. The van der Waals surface area contributed by atoms with E-state index in [4.69, 9.17) is 0 Å². The Morgan fingerprint density at radius 3 is 1.32 bits per heavy atom. The van der Waals surface area contributed by atoms with Gasteiger partial charge in [0.05, 0.1) is 18.8 Å². The van der Waals surface area contributed by atoms with Crippen molar-refractivity contribution in [1.29, 1.82) is 0 Å². The van der Waals surface area contributed by atoms with Gasteiger partial charge in [0.1, 0.15) is 12.2 Å². The van der Waals surface area contributed by atoms with Crippen LogP contribution >= 0.6 is 0 Å². The lowest BCUT2D eigenvalue weighted by Crippen LogP contribution is -2.53. The summed E-state index contributed by atoms with van der Waals surface area (Å²) in [5, 5.41) is 43.4. The Bertz CT molecular complexity index is 628. The summed E-state index contributed by atoms with van der Waals surface area (Å²) in [6.45, 7) is 4.02. The molecular formula is C38H75NO5. The van der Waals surface area contributed by atoms with E-state index in [0.29, 0.717) is 12.8 Å².